The predicted octanol–water partition coefficient (Wildman–Crippen LogP) is 2.75. The van der Waals surface area contributed by atoms with Gasteiger partial charge in [0.05, 0.1) is 14.2 Å². The molecule has 0 aliphatic carbocycles. The van der Waals surface area contributed by atoms with Crippen LogP contribution in [0.1, 0.15) is 30.9 Å². The van der Waals surface area contributed by atoms with Gasteiger partial charge in [-0.3, -0.25) is 0 Å². The Kier molecular flexibility index (Phi) is 3.48. The normalized spacial score (nSPS) is 23.2. The summed E-state index contributed by atoms with van der Waals surface area (Å²) in [6.07, 6.45) is 2.12. The van der Waals surface area contributed by atoms with Gasteiger partial charge in [0.15, 0.2) is 17.3 Å². The van der Waals surface area contributed by atoms with Crippen LogP contribution < -0.4 is 14.8 Å². The third-order valence-electron chi connectivity index (χ3n) is 3.72. The average Bonchev–Trinajstić information content (AvgIpc) is 2.75. The maximum atomic E-state index is 13.9. The molecule has 1 aliphatic rings. The minimum absolute atomic E-state index is 0.170. The summed E-state index contributed by atoms with van der Waals surface area (Å²) < 4.78 is 24.4. The second-order valence-electron chi connectivity index (χ2n) is 4.98. The first-order valence-corrected chi connectivity index (χ1v) is 6.20. The summed E-state index contributed by atoms with van der Waals surface area (Å²) >= 11 is 0. The zero-order chi connectivity index (χ0) is 13.3. The standard InChI is InChI=1S/C14H20FNO2/c1-9-8-10(15)12(17-3)13(18-4)11(9)14(2)6-5-7-16-14/h8,16H,5-7H2,1-4H3. The number of rotatable bonds is 3. The van der Waals surface area contributed by atoms with Gasteiger partial charge in [-0.1, -0.05) is 0 Å². The minimum atomic E-state index is -0.378. The number of hydrogen-bond donors (Lipinski definition) is 1. The van der Waals surface area contributed by atoms with E-state index in [1.165, 1.54) is 13.2 Å². The van der Waals surface area contributed by atoms with E-state index in [9.17, 15) is 4.39 Å². The number of hydrogen-bond acceptors (Lipinski definition) is 3. The number of nitrogens with one attached hydrogen (secondary N) is 1. The van der Waals surface area contributed by atoms with E-state index in [1.54, 1.807) is 7.11 Å². The highest BCUT2D eigenvalue weighted by Crippen LogP contribution is 2.44. The first-order valence-electron chi connectivity index (χ1n) is 6.20. The molecule has 100 valence electrons. The lowest BCUT2D eigenvalue weighted by atomic mass is 9.86. The molecule has 0 amide bonds. The Hall–Kier alpha value is -1.29. The van der Waals surface area contributed by atoms with E-state index in [0.29, 0.717) is 5.75 Å². The van der Waals surface area contributed by atoms with Crippen LogP contribution in [0.2, 0.25) is 0 Å². The first-order chi connectivity index (χ1) is 8.53. The molecule has 1 N–H and O–H groups in total. The molecule has 0 saturated carbocycles. The monoisotopic (exact) mass is 253 g/mol. The predicted molar refractivity (Wildman–Crippen MR) is 68.8 cm³/mol. The van der Waals surface area contributed by atoms with Gasteiger partial charge in [-0.05, 0) is 44.9 Å². The third kappa shape index (κ3) is 1.94. The molecule has 1 fully saturated rings. The second-order valence-corrected chi connectivity index (χ2v) is 4.98. The van der Waals surface area contributed by atoms with Gasteiger partial charge < -0.3 is 14.8 Å². The van der Waals surface area contributed by atoms with E-state index in [1.807, 2.05) is 6.92 Å². The van der Waals surface area contributed by atoms with Crippen LogP contribution in [0.15, 0.2) is 6.07 Å². The molecule has 1 unspecified atom stereocenters. The van der Waals surface area contributed by atoms with Crippen LogP contribution in [-0.4, -0.2) is 20.8 Å². The largest absolute Gasteiger partial charge is 0.492 e. The fraction of sp³-hybridized carbons (Fsp3) is 0.571. The summed E-state index contributed by atoms with van der Waals surface area (Å²) in [7, 11) is 3.02. The van der Waals surface area contributed by atoms with Crippen LogP contribution in [0.4, 0.5) is 4.39 Å². The molecule has 1 saturated heterocycles. The summed E-state index contributed by atoms with van der Waals surface area (Å²) in [6, 6.07) is 1.52. The molecule has 2 rings (SSSR count). The van der Waals surface area contributed by atoms with E-state index in [4.69, 9.17) is 9.47 Å². The zero-order valence-corrected chi connectivity index (χ0v) is 11.4. The quantitative estimate of drug-likeness (QED) is 0.898. The molecule has 1 aliphatic heterocycles. The van der Waals surface area contributed by atoms with Crippen molar-refractivity contribution in [1.29, 1.82) is 0 Å². The number of aryl methyl sites for hydroxylation is 1. The highest BCUT2D eigenvalue weighted by molar-refractivity contribution is 5.54. The minimum Gasteiger partial charge on any atom is -0.492 e. The van der Waals surface area contributed by atoms with E-state index >= 15 is 0 Å². The summed E-state index contributed by atoms with van der Waals surface area (Å²) in [5.74, 6) is 0.317. The zero-order valence-electron chi connectivity index (χ0n) is 11.4. The highest BCUT2D eigenvalue weighted by atomic mass is 19.1. The fourth-order valence-corrected chi connectivity index (χ4v) is 2.91. The Morgan fingerprint density at radius 3 is 2.44 bits per heavy atom. The molecular formula is C14H20FNO2. The molecule has 1 aromatic rings. The van der Waals surface area contributed by atoms with Gasteiger partial charge in [-0.25, -0.2) is 4.39 Å². The molecule has 0 bridgehead atoms. The fourth-order valence-electron chi connectivity index (χ4n) is 2.91. The second kappa shape index (κ2) is 4.76. The molecule has 0 spiro atoms. The Bertz CT molecular complexity index is 454. The number of halogens is 1. The van der Waals surface area contributed by atoms with Crippen molar-refractivity contribution < 1.29 is 13.9 Å². The van der Waals surface area contributed by atoms with Crippen LogP contribution in [0.5, 0.6) is 11.5 Å². The van der Waals surface area contributed by atoms with Crippen LogP contribution in [-0.2, 0) is 5.54 Å². The molecule has 4 heteroatoms. The number of ether oxygens (including phenoxy) is 2. The lowest BCUT2D eigenvalue weighted by Crippen LogP contribution is -2.34. The van der Waals surface area contributed by atoms with E-state index in [2.05, 4.69) is 12.2 Å². The van der Waals surface area contributed by atoms with Crippen molar-refractivity contribution in [2.24, 2.45) is 0 Å². The maximum Gasteiger partial charge on any atom is 0.197 e. The summed E-state index contributed by atoms with van der Waals surface area (Å²) in [6.45, 7) is 5.01. The lowest BCUT2D eigenvalue weighted by Gasteiger charge is -2.29. The average molecular weight is 253 g/mol. The molecule has 3 nitrogen and oxygen atoms in total. The van der Waals surface area contributed by atoms with E-state index in [-0.39, 0.29) is 17.1 Å². The Morgan fingerprint density at radius 2 is 1.94 bits per heavy atom. The maximum absolute atomic E-state index is 13.9. The van der Waals surface area contributed by atoms with Crippen molar-refractivity contribution in [2.75, 3.05) is 20.8 Å². The van der Waals surface area contributed by atoms with Gasteiger partial charge >= 0.3 is 0 Å². The lowest BCUT2D eigenvalue weighted by molar-refractivity contribution is 0.319. The van der Waals surface area contributed by atoms with Gasteiger partial charge in [0.2, 0.25) is 0 Å². The van der Waals surface area contributed by atoms with Crippen molar-refractivity contribution in [2.45, 2.75) is 32.2 Å². The number of benzene rings is 1. The van der Waals surface area contributed by atoms with E-state index < -0.39 is 0 Å². The molecule has 0 radical (unpaired) electrons. The molecular weight excluding hydrogens is 233 g/mol. The molecule has 1 aromatic carbocycles. The van der Waals surface area contributed by atoms with Gasteiger partial charge in [-0.15, -0.1) is 0 Å². The summed E-state index contributed by atoms with van der Waals surface area (Å²) in [5.41, 5.74) is 1.72. The van der Waals surface area contributed by atoms with Crippen molar-refractivity contribution >= 4 is 0 Å². The van der Waals surface area contributed by atoms with Crippen molar-refractivity contribution in [1.82, 2.24) is 5.32 Å². The Labute approximate surface area is 107 Å². The van der Waals surface area contributed by atoms with Crippen molar-refractivity contribution in [3.05, 3.63) is 23.0 Å². The summed E-state index contributed by atoms with van der Waals surface area (Å²) in [4.78, 5) is 0. The molecule has 18 heavy (non-hydrogen) atoms. The van der Waals surface area contributed by atoms with Gasteiger partial charge in [0.1, 0.15) is 0 Å². The van der Waals surface area contributed by atoms with Crippen molar-refractivity contribution in [3.8, 4) is 11.5 Å². The summed E-state index contributed by atoms with van der Waals surface area (Å²) in [5, 5.41) is 3.48. The SMILES string of the molecule is COc1c(F)cc(C)c(C2(C)CCCN2)c1OC. The molecule has 1 atom stereocenters. The highest BCUT2D eigenvalue weighted by Gasteiger charge is 2.36. The van der Waals surface area contributed by atoms with Crippen LogP contribution in [0.3, 0.4) is 0 Å². The first kappa shape index (κ1) is 13.1. The topological polar surface area (TPSA) is 30.5 Å². The number of methoxy groups -OCH3 is 2. The van der Waals surface area contributed by atoms with Crippen molar-refractivity contribution in [3.63, 3.8) is 0 Å². The van der Waals surface area contributed by atoms with Crippen LogP contribution in [0, 0.1) is 12.7 Å². The molecule has 1 heterocycles. The Balaban J connectivity index is 2.65. The van der Waals surface area contributed by atoms with Gasteiger partial charge in [-0.2, -0.15) is 0 Å². The van der Waals surface area contributed by atoms with Crippen LogP contribution >= 0.6 is 0 Å². The van der Waals surface area contributed by atoms with Gasteiger partial charge in [0, 0.05) is 11.1 Å². The molecule has 0 aromatic heterocycles. The third-order valence-corrected chi connectivity index (χ3v) is 3.72. The van der Waals surface area contributed by atoms with Crippen LogP contribution in [0.25, 0.3) is 0 Å². The smallest absolute Gasteiger partial charge is 0.197 e. The van der Waals surface area contributed by atoms with E-state index in [0.717, 1.165) is 30.5 Å². The Morgan fingerprint density at radius 1 is 1.28 bits per heavy atom. The van der Waals surface area contributed by atoms with Gasteiger partial charge in [0.25, 0.3) is 0 Å².